The Labute approximate surface area is 172 Å². The Bertz CT molecular complexity index is 980. The van der Waals surface area contributed by atoms with Gasteiger partial charge in [0.1, 0.15) is 11.6 Å². The third-order valence-corrected chi connectivity index (χ3v) is 6.81. The van der Waals surface area contributed by atoms with E-state index in [1.54, 1.807) is 11.3 Å². The molecule has 5 nitrogen and oxygen atoms in total. The van der Waals surface area contributed by atoms with Crippen molar-refractivity contribution >= 4 is 34.3 Å². The summed E-state index contributed by atoms with van der Waals surface area (Å²) >= 11 is 3.06. The Hall–Kier alpha value is -2.22. The molecule has 2 aromatic heterocycles. The van der Waals surface area contributed by atoms with Crippen LogP contribution in [0.25, 0.3) is 10.6 Å². The second kappa shape index (κ2) is 8.03. The fourth-order valence-electron chi connectivity index (χ4n) is 3.28. The van der Waals surface area contributed by atoms with Crippen LogP contribution in [0.15, 0.2) is 35.0 Å². The molecule has 7 heteroatoms. The zero-order valence-corrected chi connectivity index (χ0v) is 17.5. The number of thiophene rings is 1. The van der Waals surface area contributed by atoms with Crippen LogP contribution in [-0.4, -0.2) is 30.2 Å². The number of rotatable bonds is 5. The highest BCUT2D eigenvalue weighted by atomic mass is 32.1. The van der Waals surface area contributed by atoms with Gasteiger partial charge in [-0.15, -0.1) is 11.3 Å². The lowest BCUT2D eigenvalue weighted by molar-refractivity contribution is 0.0474. The minimum absolute atomic E-state index is 0.251. The van der Waals surface area contributed by atoms with Crippen LogP contribution in [0.3, 0.4) is 0 Å². The maximum absolute atomic E-state index is 12.9. The first-order valence-corrected chi connectivity index (χ1v) is 11.0. The molecule has 0 spiro atoms. The molecule has 28 heavy (non-hydrogen) atoms. The molecule has 1 aromatic carbocycles. The summed E-state index contributed by atoms with van der Waals surface area (Å²) in [5.74, 6) is -0.362. The quantitative estimate of drug-likeness (QED) is 0.615. The van der Waals surface area contributed by atoms with Crippen LogP contribution in [-0.2, 0) is 17.8 Å². The summed E-state index contributed by atoms with van der Waals surface area (Å²) in [6.45, 7) is 0.251. The highest BCUT2D eigenvalue weighted by Crippen LogP contribution is 2.39. The predicted molar refractivity (Wildman–Crippen MR) is 113 cm³/mol. The van der Waals surface area contributed by atoms with E-state index in [2.05, 4.69) is 0 Å². The first kappa shape index (κ1) is 19.1. The Morgan fingerprint density at radius 2 is 2.21 bits per heavy atom. The molecule has 1 unspecified atom stereocenters. The van der Waals surface area contributed by atoms with E-state index >= 15 is 0 Å². The minimum atomic E-state index is -0.454. The Balaban J connectivity index is 1.69. The lowest BCUT2D eigenvalue weighted by Crippen LogP contribution is -2.12. The fourth-order valence-corrected chi connectivity index (χ4v) is 5.10. The molecule has 0 amide bonds. The van der Waals surface area contributed by atoms with Crippen molar-refractivity contribution in [2.75, 3.05) is 19.0 Å². The molecule has 0 saturated heterocycles. The molecule has 3 aromatic rings. The van der Waals surface area contributed by atoms with E-state index in [1.807, 2.05) is 54.0 Å². The number of carbonyl (C=O) groups excluding carboxylic acids is 1. The molecule has 0 saturated carbocycles. The number of carbonyl (C=O) groups is 1. The van der Waals surface area contributed by atoms with Crippen molar-refractivity contribution in [3.05, 3.63) is 56.7 Å². The number of hydrogen-bond acceptors (Lipinski definition) is 7. The topological polar surface area (TPSA) is 62.7 Å². The summed E-state index contributed by atoms with van der Waals surface area (Å²) in [4.78, 5) is 20.5. The van der Waals surface area contributed by atoms with Crippen LogP contribution in [0.1, 0.15) is 45.4 Å². The number of esters is 1. The number of nitrogens with zero attached hydrogens (tertiary/aromatic N) is 2. The Morgan fingerprint density at radius 1 is 1.36 bits per heavy atom. The van der Waals surface area contributed by atoms with E-state index in [1.165, 1.54) is 11.3 Å². The van der Waals surface area contributed by atoms with Crippen molar-refractivity contribution in [2.45, 2.75) is 32.0 Å². The molecular weight excluding hydrogens is 392 g/mol. The van der Waals surface area contributed by atoms with Gasteiger partial charge in [-0.1, -0.05) is 0 Å². The average Bonchev–Trinajstić information content (AvgIpc) is 3.36. The average molecular weight is 415 g/mol. The van der Waals surface area contributed by atoms with Gasteiger partial charge in [-0.05, 0) is 54.3 Å². The number of fused-ring (bicyclic) bond motifs is 1. The SMILES string of the molecule is CN(C)c1ccc(-c2nc3c(s2)C(O)CCC3)c(C(=O)OCc2ccsc2)c1. The van der Waals surface area contributed by atoms with Crippen molar-refractivity contribution in [2.24, 2.45) is 0 Å². The maximum atomic E-state index is 12.9. The number of aromatic nitrogens is 1. The van der Waals surface area contributed by atoms with Crippen molar-refractivity contribution in [1.82, 2.24) is 4.98 Å². The number of benzene rings is 1. The highest BCUT2D eigenvalue weighted by molar-refractivity contribution is 7.15. The van der Waals surface area contributed by atoms with E-state index in [9.17, 15) is 9.90 Å². The lowest BCUT2D eigenvalue weighted by Gasteiger charge is -2.15. The van der Waals surface area contributed by atoms with E-state index in [4.69, 9.17) is 9.72 Å². The minimum Gasteiger partial charge on any atom is -0.457 e. The number of thiazole rings is 1. The standard InChI is InChI=1S/C21H22N2O3S2/c1-23(2)14-6-7-15(20-22-17-4-3-5-18(24)19(17)28-20)16(10-14)21(25)26-11-13-8-9-27-12-13/h6-10,12,18,24H,3-5,11H2,1-2H3. The van der Waals surface area contributed by atoms with Gasteiger partial charge in [0.05, 0.1) is 22.2 Å². The van der Waals surface area contributed by atoms with Gasteiger partial charge in [-0.25, -0.2) is 9.78 Å². The highest BCUT2D eigenvalue weighted by Gasteiger charge is 2.25. The van der Waals surface area contributed by atoms with Gasteiger partial charge in [0.15, 0.2) is 0 Å². The number of anilines is 1. The molecule has 0 bridgehead atoms. The first-order chi connectivity index (χ1) is 13.5. The molecule has 1 aliphatic rings. The third kappa shape index (κ3) is 3.83. The van der Waals surface area contributed by atoms with Gasteiger partial charge >= 0.3 is 5.97 Å². The molecule has 4 rings (SSSR count). The molecule has 0 aliphatic heterocycles. The van der Waals surface area contributed by atoms with E-state index in [-0.39, 0.29) is 12.6 Å². The molecule has 146 valence electrons. The first-order valence-electron chi connectivity index (χ1n) is 9.20. The molecule has 1 atom stereocenters. The third-order valence-electron chi connectivity index (χ3n) is 4.84. The van der Waals surface area contributed by atoms with Crippen LogP contribution in [0.4, 0.5) is 5.69 Å². The second-order valence-corrected chi connectivity index (χ2v) is 8.88. The van der Waals surface area contributed by atoms with Gasteiger partial charge in [0.25, 0.3) is 0 Å². The number of aliphatic hydroxyl groups is 1. The number of hydrogen-bond donors (Lipinski definition) is 1. The van der Waals surface area contributed by atoms with Crippen LogP contribution in [0.5, 0.6) is 0 Å². The van der Waals surface area contributed by atoms with Crippen LogP contribution >= 0.6 is 22.7 Å². The van der Waals surface area contributed by atoms with Gasteiger partial charge in [-0.2, -0.15) is 11.3 Å². The lowest BCUT2D eigenvalue weighted by atomic mass is 10.0. The molecule has 1 N–H and O–H groups in total. The van der Waals surface area contributed by atoms with Gasteiger partial charge in [-0.3, -0.25) is 0 Å². The zero-order chi connectivity index (χ0) is 19.7. The van der Waals surface area contributed by atoms with Crippen molar-refractivity contribution in [1.29, 1.82) is 0 Å². The number of ether oxygens (including phenoxy) is 1. The van der Waals surface area contributed by atoms with Crippen molar-refractivity contribution in [3.63, 3.8) is 0 Å². The second-order valence-electron chi connectivity index (χ2n) is 7.07. The smallest absolute Gasteiger partial charge is 0.339 e. The summed E-state index contributed by atoms with van der Waals surface area (Å²) in [6.07, 6.45) is 2.12. The van der Waals surface area contributed by atoms with Crippen LogP contribution in [0.2, 0.25) is 0 Å². The summed E-state index contributed by atoms with van der Waals surface area (Å²) in [7, 11) is 3.88. The van der Waals surface area contributed by atoms with Gasteiger partial charge in [0.2, 0.25) is 0 Å². The van der Waals surface area contributed by atoms with Crippen LogP contribution < -0.4 is 4.90 Å². The summed E-state index contributed by atoms with van der Waals surface area (Å²) in [6, 6.07) is 7.70. The van der Waals surface area contributed by atoms with Gasteiger partial charge < -0.3 is 14.7 Å². The van der Waals surface area contributed by atoms with E-state index < -0.39 is 6.10 Å². The largest absolute Gasteiger partial charge is 0.457 e. The van der Waals surface area contributed by atoms with E-state index in [0.29, 0.717) is 5.56 Å². The summed E-state index contributed by atoms with van der Waals surface area (Å²) in [5.41, 5.74) is 4.12. The molecule has 0 radical (unpaired) electrons. The maximum Gasteiger partial charge on any atom is 0.339 e. The number of aliphatic hydroxyl groups excluding tert-OH is 1. The van der Waals surface area contributed by atoms with Crippen molar-refractivity contribution in [3.8, 4) is 10.6 Å². The van der Waals surface area contributed by atoms with Gasteiger partial charge in [0, 0.05) is 30.9 Å². The Kier molecular flexibility index (Phi) is 5.48. The molecule has 2 heterocycles. The summed E-state index contributed by atoms with van der Waals surface area (Å²) < 4.78 is 5.57. The Morgan fingerprint density at radius 3 is 2.93 bits per heavy atom. The van der Waals surface area contributed by atoms with Crippen molar-refractivity contribution < 1.29 is 14.6 Å². The zero-order valence-electron chi connectivity index (χ0n) is 15.8. The number of aryl methyl sites for hydroxylation is 1. The predicted octanol–water partition coefficient (Wildman–Crippen LogP) is 4.66. The fraction of sp³-hybridized carbons (Fsp3) is 0.333. The molecule has 1 aliphatic carbocycles. The normalized spacial score (nSPS) is 15.9. The molecule has 0 fully saturated rings. The van der Waals surface area contributed by atoms with E-state index in [0.717, 1.165) is 51.7 Å². The summed E-state index contributed by atoms with van der Waals surface area (Å²) in [5, 5.41) is 15.0. The molecular formula is C21H22N2O3S2. The van der Waals surface area contributed by atoms with Crippen LogP contribution in [0, 0.1) is 0 Å². The monoisotopic (exact) mass is 414 g/mol.